The van der Waals surface area contributed by atoms with Crippen LogP contribution < -0.4 is 5.32 Å². The Balaban J connectivity index is 1.98. The lowest BCUT2D eigenvalue weighted by Crippen LogP contribution is -2.35. The molecule has 1 aromatic heterocycles. The molecule has 1 aliphatic rings. The summed E-state index contributed by atoms with van der Waals surface area (Å²) in [7, 11) is -3.31. The number of rotatable bonds is 8. The number of sulfonamides is 1. The van der Waals surface area contributed by atoms with Gasteiger partial charge < -0.3 is 10.1 Å². The van der Waals surface area contributed by atoms with Gasteiger partial charge in [0.1, 0.15) is 5.82 Å². The molecule has 1 aliphatic heterocycles. The zero-order valence-corrected chi connectivity index (χ0v) is 20.5. The highest BCUT2D eigenvalue weighted by atomic mass is 35.5. The number of halogens is 2. The Kier molecular flexibility index (Phi) is 7.81. The topological polar surface area (TPSA) is 84.4 Å². The van der Waals surface area contributed by atoms with Gasteiger partial charge in [-0.25, -0.2) is 18.4 Å². The second-order valence-electron chi connectivity index (χ2n) is 7.47. The molecule has 31 heavy (non-hydrogen) atoms. The minimum atomic E-state index is -3.31. The molecule has 10 heteroatoms. The molecule has 2 atom stereocenters. The summed E-state index contributed by atoms with van der Waals surface area (Å²) in [5.74, 6) is 0.651. The van der Waals surface area contributed by atoms with Gasteiger partial charge in [0.2, 0.25) is 10.0 Å². The second kappa shape index (κ2) is 10.0. The number of ether oxygens (including phenoxy) is 1. The number of nitrogens with one attached hydrogen (secondary N) is 1. The number of benzene rings is 1. The Morgan fingerprint density at radius 3 is 2.42 bits per heavy atom. The van der Waals surface area contributed by atoms with E-state index >= 15 is 0 Å². The van der Waals surface area contributed by atoms with E-state index < -0.39 is 10.0 Å². The van der Waals surface area contributed by atoms with Crippen LogP contribution in [0.4, 0.5) is 5.82 Å². The van der Waals surface area contributed by atoms with Crippen molar-refractivity contribution in [3.63, 3.8) is 0 Å². The van der Waals surface area contributed by atoms with Crippen molar-refractivity contribution in [2.45, 2.75) is 45.8 Å². The van der Waals surface area contributed by atoms with Crippen molar-refractivity contribution < 1.29 is 13.2 Å². The number of aryl methyl sites for hydroxylation is 2. The minimum Gasteiger partial charge on any atom is -0.375 e. The molecule has 2 aromatic rings. The lowest BCUT2D eigenvalue weighted by molar-refractivity contribution is 0.0677. The molecule has 2 unspecified atom stereocenters. The van der Waals surface area contributed by atoms with Gasteiger partial charge in [0.15, 0.2) is 0 Å². The maximum absolute atomic E-state index is 12.1. The summed E-state index contributed by atoms with van der Waals surface area (Å²) in [4.78, 5) is 9.74. The average molecular weight is 487 g/mol. The Morgan fingerprint density at radius 2 is 1.84 bits per heavy atom. The SMILES string of the molecule is CCOC1CN(S(C)(=O)=O)CC1Nc1nc(CC)c(-c2ccc(Cl)cc2Cl)nc1CC. The molecule has 0 amide bonds. The lowest BCUT2D eigenvalue weighted by Gasteiger charge is -2.22. The highest BCUT2D eigenvalue weighted by Gasteiger charge is 2.38. The van der Waals surface area contributed by atoms with Crippen molar-refractivity contribution in [2.75, 3.05) is 31.3 Å². The van der Waals surface area contributed by atoms with Crippen molar-refractivity contribution in [2.24, 2.45) is 0 Å². The Morgan fingerprint density at radius 1 is 1.13 bits per heavy atom. The van der Waals surface area contributed by atoms with Gasteiger partial charge in [0, 0.05) is 30.3 Å². The van der Waals surface area contributed by atoms with E-state index in [1.807, 2.05) is 26.8 Å². The molecule has 2 heterocycles. The smallest absolute Gasteiger partial charge is 0.211 e. The first kappa shape index (κ1) is 24.2. The van der Waals surface area contributed by atoms with E-state index in [4.69, 9.17) is 37.9 Å². The minimum absolute atomic E-state index is 0.219. The van der Waals surface area contributed by atoms with E-state index in [0.29, 0.717) is 48.4 Å². The lowest BCUT2D eigenvalue weighted by atomic mass is 10.1. The zero-order valence-electron chi connectivity index (χ0n) is 18.2. The molecule has 0 saturated carbocycles. The van der Waals surface area contributed by atoms with Crippen LogP contribution in [0.5, 0.6) is 0 Å². The Hall–Kier alpha value is -1.45. The van der Waals surface area contributed by atoms with E-state index in [2.05, 4.69) is 5.32 Å². The molecule has 0 bridgehead atoms. The van der Waals surface area contributed by atoms with Gasteiger partial charge in [-0.1, -0.05) is 37.0 Å². The maximum atomic E-state index is 12.1. The summed E-state index contributed by atoms with van der Waals surface area (Å²) in [5.41, 5.74) is 3.10. The Bertz CT molecular complexity index is 1050. The van der Waals surface area contributed by atoms with Crippen LogP contribution in [-0.4, -0.2) is 60.8 Å². The summed E-state index contributed by atoms with van der Waals surface area (Å²) >= 11 is 12.5. The predicted molar refractivity (Wildman–Crippen MR) is 125 cm³/mol. The van der Waals surface area contributed by atoms with Gasteiger partial charge in [-0.2, -0.15) is 4.31 Å². The van der Waals surface area contributed by atoms with Crippen molar-refractivity contribution >= 4 is 39.0 Å². The van der Waals surface area contributed by atoms with Gasteiger partial charge in [0.05, 0.1) is 40.5 Å². The van der Waals surface area contributed by atoms with Crippen LogP contribution in [0.2, 0.25) is 10.0 Å². The zero-order chi connectivity index (χ0) is 22.8. The molecule has 1 saturated heterocycles. The molecule has 0 radical (unpaired) electrons. The van der Waals surface area contributed by atoms with Gasteiger partial charge in [0.25, 0.3) is 0 Å². The van der Waals surface area contributed by atoms with Gasteiger partial charge in [-0.3, -0.25) is 0 Å². The summed E-state index contributed by atoms with van der Waals surface area (Å²) < 4.78 is 31.4. The third kappa shape index (κ3) is 5.49. The van der Waals surface area contributed by atoms with Crippen LogP contribution in [0.25, 0.3) is 11.3 Å². The van der Waals surface area contributed by atoms with E-state index in [-0.39, 0.29) is 12.1 Å². The van der Waals surface area contributed by atoms with Crippen LogP contribution in [0.15, 0.2) is 18.2 Å². The molecule has 0 aliphatic carbocycles. The summed E-state index contributed by atoms with van der Waals surface area (Å²) in [5, 5.41) is 4.50. The summed E-state index contributed by atoms with van der Waals surface area (Å²) in [6.07, 6.45) is 2.27. The Labute approximate surface area is 194 Å². The third-order valence-electron chi connectivity index (χ3n) is 5.30. The quantitative estimate of drug-likeness (QED) is 0.605. The molecule has 7 nitrogen and oxygen atoms in total. The first-order valence-electron chi connectivity index (χ1n) is 10.4. The fourth-order valence-electron chi connectivity index (χ4n) is 3.72. The average Bonchev–Trinajstić information content (AvgIpc) is 3.11. The van der Waals surface area contributed by atoms with Gasteiger partial charge in [-0.05, 0) is 38.0 Å². The molecule has 1 N–H and O–H groups in total. The number of anilines is 1. The normalized spacial score (nSPS) is 19.7. The summed E-state index contributed by atoms with van der Waals surface area (Å²) in [6.45, 7) is 7.05. The van der Waals surface area contributed by atoms with Crippen LogP contribution in [-0.2, 0) is 27.6 Å². The maximum Gasteiger partial charge on any atom is 0.211 e. The van der Waals surface area contributed by atoms with Crippen molar-refractivity contribution in [3.8, 4) is 11.3 Å². The number of aromatic nitrogens is 2. The van der Waals surface area contributed by atoms with Crippen molar-refractivity contribution in [3.05, 3.63) is 39.6 Å². The first-order chi connectivity index (χ1) is 14.7. The fourth-order valence-corrected chi connectivity index (χ4v) is 5.07. The van der Waals surface area contributed by atoms with Crippen molar-refractivity contribution in [1.29, 1.82) is 0 Å². The first-order valence-corrected chi connectivity index (χ1v) is 13.0. The van der Waals surface area contributed by atoms with Crippen LogP contribution in [0.3, 0.4) is 0 Å². The fraction of sp³-hybridized carbons (Fsp3) is 0.524. The highest BCUT2D eigenvalue weighted by Crippen LogP contribution is 2.33. The molecular formula is C21H28Cl2N4O3S. The standard InChI is InChI=1S/C21H28Cl2N4O3S/c1-5-16-20(14-9-8-13(22)10-15(14)23)24-17(6-2)21(25-16)26-18-11-27(31(4,28)29)12-19(18)30-7-3/h8-10,18-19H,5-7,11-12H2,1-4H3,(H,25,26). The molecule has 3 rings (SSSR count). The molecule has 170 valence electrons. The van der Waals surface area contributed by atoms with E-state index in [1.54, 1.807) is 12.1 Å². The number of hydrogen-bond donors (Lipinski definition) is 1. The van der Waals surface area contributed by atoms with Gasteiger partial charge >= 0.3 is 0 Å². The highest BCUT2D eigenvalue weighted by molar-refractivity contribution is 7.88. The van der Waals surface area contributed by atoms with E-state index in [0.717, 1.165) is 22.6 Å². The van der Waals surface area contributed by atoms with Crippen LogP contribution in [0.1, 0.15) is 32.2 Å². The summed E-state index contributed by atoms with van der Waals surface area (Å²) in [6, 6.07) is 5.12. The molecule has 1 fully saturated rings. The molecule has 0 spiro atoms. The van der Waals surface area contributed by atoms with E-state index in [1.165, 1.54) is 10.6 Å². The largest absolute Gasteiger partial charge is 0.375 e. The monoisotopic (exact) mass is 486 g/mol. The predicted octanol–water partition coefficient (Wildman–Crippen LogP) is 4.04. The van der Waals surface area contributed by atoms with Crippen LogP contribution in [0, 0.1) is 0 Å². The van der Waals surface area contributed by atoms with Crippen molar-refractivity contribution in [1.82, 2.24) is 14.3 Å². The van der Waals surface area contributed by atoms with Crippen LogP contribution >= 0.6 is 23.2 Å². The van der Waals surface area contributed by atoms with E-state index in [9.17, 15) is 8.42 Å². The number of hydrogen-bond acceptors (Lipinski definition) is 6. The number of nitrogens with zero attached hydrogens (tertiary/aromatic N) is 3. The van der Waals surface area contributed by atoms with Gasteiger partial charge in [-0.15, -0.1) is 0 Å². The third-order valence-corrected chi connectivity index (χ3v) is 7.08. The second-order valence-corrected chi connectivity index (χ2v) is 10.3. The molecule has 1 aromatic carbocycles. The molecular weight excluding hydrogens is 459 g/mol.